The number of fused-ring (bicyclic) bond motifs is 1. The molecule has 6 nitrogen and oxygen atoms in total. The second-order valence-electron chi connectivity index (χ2n) is 5.47. The summed E-state index contributed by atoms with van der Waals surface area (Å²) in [6.07, 6.45) is 0. The summed E-state index contributed by atoms with van der Waals surface area (Å²) in [5, 5.41) is 6.71. The summed E-state index contributed by atoms with van der Waals surface area (Å²) in [5.41, 5.74) is 3.06. The molecule has 2 aromatic rings. The van der Waals surface area contributed by atoms with Gasteiger partial charge >= 0.3 is 5.97 Å². The Labute approximate surface area is 151 Å². The largest absolute Gasteiger partial charge is 0.465 e. The SMILES string of the molecule is COC(=O)c1cccc(NC(=S)NCc2ccc3c(c2)OCO3)c1C. The summed E-state index contributed by atoms with van der Waals surface area (Å²) in [5.74, 6) is 1.11. The normalized spacial score (nSPS) is 11.8. The molecule has 7 heteroatoms. The van der Waals surface area contributed by atoms with E-state index in [1.54, 1.807) is 12.1 Å². The van der Waals surface area contributed by atoms with Crippen LogP contribution in [0.15, 0.2) is 36.4 Å². The van der Waals surface area contributed by atoms with Gasteiger partial charge in [-0.15, -0.1) is 0 Å². The highest BCUT2D eigenvalue weighted by Crippen LogP contribution is 2.32. The van der Waals surface area contributed by atoms with Crippen molar-refractivity contribution in [2.45, 2.75) is 13.5 Å². The number of rotatable bonds is 4. The number of hydrogen-bond donors (Lipinski definition) is 2. The molecule has 3 rings (SSSR count). The minimum atomic E-state index is -0.375. The summed E-state index contributed by atoms with van der Waals surface area (Å²) in [6.45, 7) is 2.63. The van der Waals surface area contributed by atoms with Crippen LogP contribution in [0.1, 0.15) is 21.5 Å². The average Bonchev–Trinajstić information content (AvgIpc) is 3.09. The van der Waals surface area contributed by atoms with Gasteiger partial charge in [0, 0.05) is 12.2 Å². The number of carbonyl (C=O) groups is 1. The zero-order chi connectivity index (χ0) is 17.8. The number of nitrogens with one attached hydrogen (secondary N) is 2. The molecule has 0 unspecified atom stereocenters. The van der Waals surface area contributed by atoms with Crippen molar-refractivity contribution in [3.05, 3.63) is 53.1 Å². The van der Waals surface area contributed by atoms with E-state index in [1.165, 1.54) is 7.11 Å². The van der Waals surface area contributed by atoms with Crippen molar-refractivity contribution >= 4 is 29.0 Å². The molecule has 0 saturated carbocycles. The van der Waals surface area contributed by atoms with E-state index in [0.717, 1.165) is 28.3 Å². The first-order valence-corrected chi connectivity index (χ1v) is 8.10. The van der Waals surface area contributed by atoms with Crippen molar-refractivity contribution < 1.29 is 19.0 Å². The van der Waals surface area contributed by atoms with Gasteiger partial charge in [0.05, 0.1) is 12.7 Å². The predicted molar refractivity (Wildman–Crippen MR) is 98.1 cm³/mol. The zero-order valence-corrected chi connectivity index (χ0v) is 14.7. The second-order valence-corrected chi connectivity index (χ2v) is 5.87. The van der Waals surface area contributed by atoms with Gasteiger partial charge in [-0.3, -0.25) is 0 Å². The summed E-state index contributed by atoms with van der Waals surface area (Å²) < 4.78 is 15.4. The van der Waals surface area contributed by atoms with E-state index < -0.39 is 0 Å². The second kappa shape index (κ2) is 7.40. The van der Waals surface area contributed by atoms with E-state index in [2.05, 4.69) is 10.6 Å². The Bertz CT molecular complexity index is 823. The molecule has 0 spiro atoms. The van der Waals surface area contributed by atoms with Crippen molar-refractivity contribution in [2.75, 3.05) is 19.2 Å². The molecule has 1 heterocycles. The molecular formula is C18H18N2O4S. The molecule has 1 aliphatic rings. The van der Waals surface area contributed by atoms with Crippen LogP contribution >= 0.6 is 12.2 Å². The lowest BCUT2D eigenvalue weighted by Gasteiger charge is -2.14. The Balaban J connectivity index is 1.62. The first kappa shape index (κ1) is 17.0. The van der Waals surface area contributed by atoms with Crippen LogP contribution in [0.25, 0.3) is 0 Å². The first-order valence-electron chi connectivity index (χ1n) is 7.70. The molecule has 0 aromatic heterocycles. The third kappa shape index (κ3) is 3.83. The molecule has 2 N–H and O–H groups in total. The van der Waals surface area contributed by atoms with Gasteiger partial charge in [-0.25, -0.2) is 4.79 Å². The number of carbonyl (C=O) groups excluding carboxylic acids is 1. The standard InChI is InChI=1S/C18H18N2O4S/c1-11-13(17(21)22-2)4-3-5-14(11)20-18(25)19-9-12-6-7-15-16(8-12)24-10-23-15/h3-8H,9-10H2,1-2H3,(H2,19,20,25). The van der Waals surface area contributed by atoms with Crippen LogP contribution in [0.2, 0.25) is 0 Å². The quantitative estimate of drug-likeness (QED) is 0.643. The van der Waals surface area contributed by atoms with Gasteiger partial charge in [0.2, 0.25) is 6.79 Å². The van der Waals surface area contributed by atoms with Gasteiger partial charge in [0.25, 0.3) is 0 Å². The molecule has 0 atom stereocenters. The van der Waals surface area contributed by atoms with Crippen molar-refractivity contribution in [1.29, 1.82) is 0 Å². The van der Waals surface area contributed by atoms with Gasteiger partial charge < -0.3 is 24.8 Å². The molecule has 0 radical (unpaired) electrons. The molecule has 2 aromatic carbocycles. The van der Waals surface area contributed by atoms with Crippen molar-refractivity contribution in [3.63, 3.8) is 0 Å². The number of hydrogen-bond acceptors (Lipinski definition) is 5. The molecule has 0 bridgehead atoms. The van der Waals surface area contributed by atoms with Crippen molar-refractivity contribution in [2.24, 2.45) is 0 Å². The van der Waals surface area contributed by atoms with Gasteiger partial charge in [-0.05, 0) is 54.5 Å². The van der Waals surface area contributed by atoms with Gasteiger partial charge in [-0.2, -0.15) is 0 Å². The van der Waals surface area contributed by atoms with Crippen LogP contribution in [0.4, 0.5) is 5.69 Å². The van der Waals surface area contributed by atoms with E-state index in [4.69, 9.17) is 26.4 Å². The maximum Gasteiger partial charge on any atom is 0.338 e. The molecule has 0 aliphatic carbocycles. The maximum atomic E-state index is 11.8. The Morgan fingerprint density at radius 1 is 1.24 bits per heavy atom. The summed E-state index contributed by atoms with van der Waals surface area (Å²) in [6, 6.07) is 11.1. The number of benzene rings is 2. The molecule has 0 fully saturated rings. The van der Waals surface area contributed by atoms with Crippen molar-refractivity contribution in [3.8, 4) is 11.5 Å². The highest BCUT2D eigenvalue weighted by atomic mass is 32.1. The maximum absolute atomic E-state index is 11.8. The van der Waals surface area contributed by atoms with Gasteiger partial charge in [0.15, 0.2) is 16.6 Å². The van der Waals surface area contributed by atoms with E-state index in [9.17, 15) is 4.79 Å². The Kier molecular flexibility index (Phi) is 5.04. The topological polar surface area (TPSA) is 68.8 Å². The number of esters is 1. The Morgan fingerprint density at radius 3 is 2.84 bits per heavy atom. The van der Waals surface area contributed by atoms with Crippen LogP contribution in [0.3, 0.4) is 0 Å². The third-order valence-corrected chi connectivity index (χ3v) is 4.12. The predicted octanol–water partition coefficient (Wildman–Crippen LogP) is 3.00. The third-order valence-electron chi connectivity index (χ3n) is 3.88. The van der Waals surface area contributed by atoms with Crippen LogP contribution in [-0.4, -0.2) is 25.0 Å². The van der Waals surface area contributed by atoms with Gasteiger partial charge in [-0.1, -0.05) is 12.1 Å². The number of methoxy groups -OCH3 is 1. The molecule has 1 aliphatic heterocycles. The molecule has 25 heavy (non-hydrogen) atoms. The first-order chi connectivity index (χ1) is 12.1. The monoisotopic (exact) mass is 358 g/mol. The highest BCUT2D eigenvalue weighted by Gasteiger charge is 2.14. The Morgan fingerprint density at radius 2 is 2.04 bits per heavy atom. The minimum absolute atomic E-state index is 0.252. The molecular weight excluding hydrogens is 340 g/mol. The van der Waals surface area contributed by atoms with E-state index in [-0.39, 0.29) is 12.8 Å². The van der Waals surface area contributed by atoms with Crippen molar-refractivity contribution in [1.82, 2.24) is 5.32 Å². The van der Waals surface area contributed by atoms with Crippen LogP contribution < -0.4 is 20.1 Å². The number of anilines is 1. The molecule has 0 amide bonds. The average molecular weight is 358 g/mol. The fourth-order valence-electron chi connectivity index (χ4n) is 2.50. The minimum Gasteiger partial charge on any atom is -0.465 e. The lowest BCUT2D eigenvalue weighted by Crippen LogP contribution is -2.28. The fraction of sp³-hybridized carbons (Fsp3) is 0.222. The van der Waals surface area contributed by atoms with Crippen LogP contribution in [0, 0.1) is 6.92 Å². The molecule has 0 saturated heterocycles. The zero-order valence-electron chi connectivity index (χ0n) is 13.9. The Hall–Kier alpha value is -2.80. The number of thiocarbonyl (C=S) groups is 1. The van der Waals surface area contributed by atoms with E-state index in [1.807, 2.05) is 31.2 Å². The van der Waals surface area contributed by atoms with Crippen LogP contribution in [0.5, 0.6) is 11.5 Å². The molecule has 130 valence electrons. The summed E-state index contributed by atoms with van der Waals surface area (Å²) >= 11 is 5.34. The summed E-state index contributed by atoms with van der Waals surface area (Å²) in [4.78, 5) is 11.8. The van der Waals surface area contributed by atoms with E-state index >= 15 is 0 Å². The smallest absolute Gasteiger partial charge is 0.338 e. The van der Waals surface area contributed by atoms with Gasteiger partial charge in [0.1, 0.15) is 0 Å². The van der Waals surface area contributed by atoms with E-state index in [0.29, 0.717) is 17.2 Å². The lowest BCUT2D eigenvalue weighted by atomic mass is 10.1. The fourth-order valence-corrected chi connectivity index (χ4v) is 2.68. The highest BCUT2D eigenvalue weighted by molar-refractivity contribution is 7.80. The number of ether oxygens (including phenoxy) is 3. The van der Waals surface area contributed by atoms with Crippen LogP contribution in [-0.2, 0) is 11.3 Å². The summed E-state index contributed by atoms with van der Waals surface area (Å²) in [7, 11) is 1.36. The lowest BCUT2D eigenvalue weighted by molar-refractivity contribution is 0.0600.